The Morgan fingerprint density at radius 2 is 1.00 bits per heavy atom. The Kier molecular flexibility index (Phi) is 3.52. The van der Waals surface area contributed by atoms with Crippen LogP contribution in [0.2, 0.25) is 0 Å². The number of rotatable bonds is 0. The second-order valence-electron chi connectivity index (χ2n) is 5.81. The highest BCUT2D eigenvalue weighted by molar-refractivity contribution is 4.83. The van der Waals surface area contributed by atoms with Crippen LogP contribution in [0.15, 0.2) is 0 Å². The molecule has 3 fully saturated rings. The van der Waals surface area contributed by atoms with E-state index >= 15 is 0 Å². The molecule has 82 valence electrons. The quantitative estimate of drug-likeness (QED) is 0.527. The van der Waals surface area contributed by atoms with Crippen molar-refractivity contribution in [1.29, 1.82) is 0 Å². The highest BCUT2D eigenvalue weighted by atomic mass is 14.4. The van der Waals surface area contributed by atoms with Crippen LogP contribution in [-0.4, -0.2) is 0 Å². The fraction of sp³-hybridized carbons (Fsp3) is 1.00. The maximum absolute atomic E-state index is 2.52. The summed E-state index contributed by atoms with van der Waals surface area (Å²) < 4.78 is 0. The molecule has 0 spiro atoms. The van der Waals surface area contributed by atoms with Crippen LogP contribution in [0.4, 0.5) is 0 Å². The van der Waals surface area contributed by atoms with Crippen molar-refractivity contribution in [3.05, 3.63) is 0 Å². The van der Waals surface area contributed by atoms with Crippen molar-refractivity contribution < 1.29 is 0 Å². The van der Waals surface area contributed by atoms with Gasteiger partial charge in [-0.1, -0.05) is 52.4 Å². The monoisotopic (exact) mass is 194 g/mol. The normalized spacial score (nSPS) is 45.0. The summed E-state index contributed by atoms with van der Waals surface area (Å²) in [6.45, 7) is 5.03. The Bertz CT molecular complexity index is 145. The van der Waals surface area contributed by atoms with Crippen LogP contribution >= 0.6 is 0 Å². The number of hydrogen-bond acceptors (Lipinski definition) is 0. The van der Waals surface area contributed by atoms with Crippen molar-refractivity contribution in [1.82, 2.24) is 0 Å². The fourth-order valence-corrected chi connectivity index (χ4v) is 3.79. The molecule has 0 saturated heterocycles. The van der Waals surface area contributed by atoms with Crippen molar-refractivity contribution in [2.45, 2.75) is 65.2 Å². The van der Waals surface area contributed by atoms with Crippen molar-refractivity contribution in [3.8, 4) is 0 Å². The van der Waals surface area contributed by atoms with Crippen LogP contribution in [0, 0.1) is 23.7 Å². The van der Waals surface area contributed by atoms with Gasteiger partial charge in [0.1, 0.15) is 0 Å². The SMILES string of the molecule is CC1C2CCCCCCC(CC2)C1C. The van der Waals surface area contributed by atoms with Crippen LogP contribution in [0.5, 0.6) is 0 Å². The van der Waals surface area contributed by atoms with Crippen molar-refractivity contribution in [3.63, 3.8) is 0 Å². The summed E-state index contributed by atoms with van der Waals surface area (Å²) in [7, 11) is 0. The number of hydrogen-bond donors (Lipinski definition) is 0. The molecule has 0 aromatic heterocycles. The molecule has 2 bridgehead atoms. The van der Waals surface area contributed by atoms with Gasteiger partial charge in [-0.25, -0.2) is 0 Å². The third-order valence-electron chi connectivity index (χ3n) is 5.12. The molecule has 3 rings (SSSR count). The summed E-state index contributed by atoms with van der Waals surface area (Å²) in [6.07, 6.45) is 12.1. The Morgan fingerprint density at radius 1 is 0.571 bits per heavy atom. The lowest BCUT2D eigenvalue weighted by molar-refractivity contribution is 0.0946. The van der Waals surface area contributed by atoms with E-state index in [2.05, 4.69) is 13.8 Å². The van der Waals surface area contributed by atoms with Crippen LogP contribution in [0.25, 0.3) is 0 Å². The molecule has 3 saturated carbocycles. The molecule has 0 N–H and O–H groups in total. The van der Waals surface area contributed by atoms with Gasteiger partial charge in [-0.2, -0.15) is 0 Å². The average Bonchev–Trinajstić information content (AvgIpc) is 2.22. The zero-order chi connectivity index (χ0) is 9.97. The van der Waals surface area contributed by atoms with Gasteiger partial charge >= 0.3 is 0 Å². The molecule has 0 aliphatic heterocycles. The van der Waals surface area contributed by atoms with Gasteiger partial charge in [-0.3, -0.25) is 0 Å². The lowest BCUT2D eigenvalue weighted by Crippen LogP contribution is -2.31. The number of fused-ring (bicyclic) bond motifs is 7. The third kappa shape index (κ3) is 2.15. The minimum absolute atomic E-state index is 1.01. The Hall–Kier alpha value is 0. The van der Waals surface area contributed by atoms with E-state index in [1.54, 1.807) is 0 Å². The molecule has 3 aliphatic rings. The molecule has 0 heteroatoms. The second-order valence-corrected chi connectivity index (χ2v) is 5.81. The lowest BCUT2D eigenvalue weighted by atomic mass is 9.65. The summed E-state index contributed by atoms with van der Waals surface area (Å²) in [5.74, 6) is 4.15. The van der Waals surface area contributed by atoms with E-state index in [4.69, 9.17) is 0 Å². The maximum atomic E-state index is 2.52. The van der Waals surface area contributed by atoms with E-state index in [9.17, 15) is 0 Å². The summed E-state index contributed by atoms with van der Waals surface area (Å²) in [5, 5.41) is 0. The predicted octanol–water partition coefficient (Wildman–Crippen LogP) is 4.64. The summed E-state index contributed by atoms with van der Waals surface area (Å²) in [6, 6.07) is 0. The van der Waals surface area contributed by atoms with Gasteiger partial charge in [0, 0.05) is 0 Å². The van der Waals surface area contributed by atoms with E-state index in [0.29, 0.717) is 0 Å². The van der Waals surface area contributed by atoms with Crippen molar-refractivity contribution >= 4 is 0 Å². The zero-order valence-electron chi connectivity index (χ0n) is 9.97. The molecule has 4 atom stereocenters. The topological polar surface area (TPSA) is 0 Å². The minimum atomic E-state index is 1.01. The lowest BCUT2D eigenvalue weighted by Gasteiger charge is -2.41. The van der Waals surface area contributed by atoms with Gasteiger partial charge in [0.15, 0.2) is 0 Å². The summed E-state index contributed by atoms with van der Waals surface area (Å²) >= 11 is 0. The van der Waals surface area contributed by atoms with Crippen molar-refractivity contribution in [2.24, 2.45) is 23.7 Å². The molecule has 4 unspecified atom stereocenters. The van der Waals surface area contributed by atoms with Crippen LogP contribution in [0.3, 0.4) is 0 Å². The Morgan fingerprint density at radius 3 is 1.43 bits per heavy atom. The smallest absolute Gasteiger partial charge is 0.0386 e. The minimum Gasteiger partial charge on any atom is -0.0620 e. The molecular weight excluding hydrogens is 168 g/mol. The fourth-order valence-electron chi connectivity index (χ4n) is 3.79. The predicted molar refractivity (Wildman–Crippen MR) is 62.2 cm³/mol. The molecule has 3 aliphatic carbocycles. The second kappa shape index (κ2) is 4.68. The van der Waals surface area contributed by atoms with E-state index < -0.39 is 0 Å². The molecule has 0 aromatic carbocycles. The van der Waals surface area contributed by atoms with Crippen LogP contribution in [0.1, 0.15) is 65.2 Å². The molecule has 0 radical (unpaired) electrons. The van der Waals surface area contributed by atoms with Crippen LogP contribution in [-0.2, 0) is 0 Å². The molecule has 0 aromatic rings. The van der Waals surface area contributed by atoms with Crippen molar-refractivity contribution in [2.75, 3.05) is 0 Å². The summed E-state index contributed by atoms with van der Waals surface area (Å²) in [4.78, 5) is 0. The summed E-state index contributed by atoms with van der Waals surface area (Å²) in [5.41, 5.74) is 0. The van der Waals surface area contributed by atoms with Gasteiger partial charge < -0.3 is 0 Å². The van der Waals surface area contributed by atoms with E-state index in [0.717, 1.165) is 23.7 Å². The first-order valence-electron chi connectivity index (χ1n) is 6.79. The van der Waals surface area contributed by atoms with Gasteiger partial charge in [0.05, 0.1) is 0 Å². The first-order chi connectivity index (χ1) is 6.79. The largest absolute Gasteiger partial charge is 0.0620 e. The van der Waals surface area contributed by atoms with Crippen LogP contribution < -0.4 is 0 Å². The first kappa shape index (κ1) is 10.5. The highest BCUT2D eigenvalue weighted by Crippen LogP contribution is 2.43. The van der Waals surface area contributed by atoms with Gasteiger partial charge in [-0.15, -0.1) is 0 Å². The molecule has 14 heavy (non-hydrogen) atoms. The third-order valence-corrected chi connectivity index (χ3v) is 5.12. The maximum Gasteiger partial charge on any atom is -0.0386 e. The molecule has 0 heterocycles. The molecule has 0 amide bonds. The van der Waals surface area contributed by atoms with Gasteiger partial charge in [0.25, 0.3) is 0 Å². The zero-order valence-corrected chi connectivity index (χ0v) is 9.97. The molecule has 0 nitrogen and oxygen atoms in total. The molecular formula is C14H26. The van der Waals surface area contributed by atoms with E-state index in [1.165, 1.54) is 51.4 Å². The van der Waals surface area contributed by atoms with E-state index in [-0.39, 0.29) is 0 Å². The average molecular weight is 194 g/mol. The van der Waals surface area contributed by atoms with Gasteiger partial charge in [0.2, 0.25) is 0 Å². The van der Waals surface area contributed by atoms with E-state index in [1.807, 2.05) is 0 Å². The van der Waals surface area contributed by atoms with Gasteiger partial charge in [-0.05, 0) is 36.5 Å². The Balaban J connectivity index is 2.02. The highest BCUT2D eigenvalue weighted by Gasteiger charge is 2.33. The standard InChI is InChI=1S/C14H26/c1-11-12(2)14-8-6-4-3-5-7-13(11)9-10-14/h11-14H,3-10H2,1-2H3. The first-order valence-corrected chi connectivity index (χ1v) is 6.79. The Labute approximate surface area is 89.5 Å².